The summed E-state index contributed by atoms with van der Waals surface area (Å²) in [6.07, 6.45) is 10.0. The molecule has 3 saturated carbocycles. The maximum atomic E-state index is 10.8. The van der Waals surface area contributed by atoms with E-state index in [9.17, 15) is 10.2 Å². The van der Waals surface area contributed by atoms with Gasteiger partial charge >= 0.3 is 0 Å². The van der Waals surface area contributed by atoms with Crippen molar-refractivity contribution >= 4 is 0 Å². The monoisotopic (exact) mass is 421 g/mol. The first-order valence-corrected chi connectivity index (χ1v) is 13.0. The van der Waals surface area contributed by atoms with Crippen molar-refractivity contribution < 1.29 is 10.2 Å². The molecule has 4 aliphatic rings. The van der Waals surface area contributed by atoms with Gasteiger partial charge < -0.3 is 10.2 Å². The second kappa shape index (κ2) is 9.74. The molecule has 0 radical (unpaired) electrons. The summed E-state index contributed by atoms with van der Waals surface area (Å²) in [5.74, 6) is 4.73. The van der Waals surface area contributed by atoms with Crippen LogP contribution in [-0.2, 0) is 0 Å². The van der Waals surface area contributed by atoms with Crippen LogP contribution in [0.2, 0.25) is 0 Å². The van der Waals surface area contributed by atoms with E-state index in [4.69, 9.17) is 0 Å². The van der Waals surface area contributed by atoms with Crippen molar-refractivity contribution in [3.8, 4) is 0 Å². The molecular weight excluding hydrogens is 374 g/mol. The summed E-state index contributed by atoms with van der Waals surface area (Å²) in [4.78, 5) is 0. The first kappa shape index (κ1) is 23.0. The Morgan fingerprint density at radius 2 is 1.03 bits per heavy atom. The topological polar surface area (TPSA) is 76.5 Å². The lowest BCUT2D eigenvalue weighted by atomic mass is 9.72. The molecule has 0 amide bonds. The van der Waals surface area contributed by atoms with Gasteiger partial charge in [-0.2, -0.15) is 0 Å². The summed E-state index contributed by atoms with van der Waals surface area (Å²) < 4.78 is 0. The van der Waals surface area contributed by atoms with Crippen molar-refractivity contribution in [1.82, 2.24) is 16.0 Å². The van der Waals surface area contributed by atoms with E-state index in [0.717, 1.165) is 36.5 Å². The lowest BCUT2D eigenvalue weighted by Gasteiger charge is -2.51. The van der Waals surface area contributed by atoms with Gasteiger partial charge in [-0.1, -0.05) is 40.5 Å². The summed E-state index contributed by atoms with van der Waals surface area (Å²) in [6, 6.07) is 0. The van der Waals surface area contributed by atoms with Crippen LogP contribution in [0.25, 0.3) is 0 Å². The van der Waals surface area contributed by atoms with Crippen molar-refractivity contribution in [2.75, 3.05) is 0 Å². The third-order valence-electron chi connectivity index (χ3n) is 9.57. The lowest BCUT2D eigenvalue weighted by Crippen LogP contribution is -2.73. The molecule has 5 N–H and O–H groups in total. The minimum Gasteiger partial charge on any atom is -0.393 e. The van der Waals surface area contributed by atoms with E-state index in [0.29, 0.717) is 30.6 Å². The van der Waals surface area contributed by atoms with E-state index in [1.54, 1.807) is 0 Å². The second-order valence-corrected chi connectivity index (χ2v) is 11.7. The molecule has 4 rings (SSSR count). The molecule has 1 saturated heterocycles. The SMILES string of the molecule is CC1CCC(C2NC(C3CCC(C)C(C)C3)NC(C3CCC(O)CC3O)N2)CC1C. The van der Waals surface area contributed by atoms with Crippen LogP contribution in [0.15, 0.2) is 0 Å². The Morgan fingerprint density at radius 3 is 1.50 bits per heavy atom. The maximum absolute atomic E-state index is 10.8. The fourth-order valence-corrected chi connectivity index (χ4v) is 6.84. The highest BCUT2D eigenvalue weighted by Crippen LogP contribution is 2.39. The first-order chi connectivity index (χ1) is 14.3. The number of hydrogen-bond donors (Lipinski definition) is 5. The third-order valence-corrected chi connectivity index (χ3v) is 9.57. The molecule has 30 heavy (non-hydrogen) atoms. The molecule has 0 aromatic rings. The molecule has 174 valence electrons. The van der Waals surface area contributed by atoms with Crippen LogP contribution in [-0.4, -0.2) is 40.9 Å². The molecule has 4 fully saturated rings. The van der Waals surface area contributed by atoms with E-state index in [2.05, 4.69) is 43.6 Å². The van der Waals surface area contributed by atoms with Gasteiger partial charge in [0.1, 0.15) is 0 Å². The number of nitrogens with one attached hydrogen (secondary N) is 3. The van der Waals surface area contributed by atoms with Crippen molar-refractivity contribution in [3.63, 3.8) is 0 Å². The fraction of sp³-hybridized carbons (Fsp3) is 1.00. The molecule has 11 atom stereocenters. The number of rotatable bonds is 3. The van der Waals surface area contributed by atoms with Crippen LogP contribution in [0.3, 0.4) is 0 Å². The zero-order valence-corrected chi connectivity index (χ0v) is 19.7. The van der Waals surface area contributed by atoms with Gasteiger partial charge in [0.05, 0.1) is 30.7 Å². The van der Waals surface area contributed by atoms with Gasteiger partial charge in [0.25, 0.3) is 0 Å². The van der Waals surface area contributed by atoms with Crippen LogP contribution < -0.4 is 16.0 Å². The summed E-state index contributed by atoms with van der Waals surface area (Å²) in [5, 5.41) is 32.6. The highest BCUT2D eigenvalue weighted by atomic mass is 16.3. The molecule has 11 unspecified atom stereocenters. The van der Waals surface area contributed by atoms with Gasteiger partial charge in [0.15, 0.2) is 0 Å². The van der Waals surface area contributed by atoms with Gasteiger partial charge in [0, 0.05) is 5.92 Å². The quantitative estimate of drug-likeness (QED) is 0.483. The van der Waals surface area contributed by atoms with E-state index in [-0.39, 0.29) is 18.2 Å². The van der Waals surface area contributed by atoms with Crippen molar-refractivity contribution in [3.05, 3.63) is 0 Å². The maximum Gasteiger partial charge on any atom is 0.0649 e. The molecule has 0 spiro atoms. The molecular formula is C25H47N3O2. The standard InChI is InChI=1S/C25H47N3O2/c1-14-5-7-18(11-16(14)3)23-26-24(19-8-6-15(2)17(4)12-19)28-25(27-23)21-10-9-20(29)13-22(21)30/h14-30H,5-13H2,1-4H3. The van der Waals surface area contributed by atoms with Gasteiger partial charge in [-0.05, 0) is 80.5 Å². The van der Waals surface area contributed by atoms with Crippen LogP contribution >= 0.6 is 0 Å². The number of hydrogen-bond acceptors (Lipinski definition) is 5. The minimum absolute atomic E-state index is 0.132. The molecule has 0 aromatic heterocycles. The Morgan fingerprint density at radius 1 is 0.533 bits per heavy atom. The average Bonchev–Trinajstić information content (AvgIpc) is 2.71. The smallest absolute Gasteiger partial charge is 0.0649 e. The molecule has 1 heterocycles. The van der Waals surface area contributed by atoms with Gasteiger partial charge in [0.2, 0.25) is 0 Å². The predicted molar refractivity (Wildman–Crippen MR) is 121 cm³/mol. The van der Waals surface area contributed by atoms with E-state index < -0.39 is 6.10 Å². The van der Waals surface area contributed by atoms with Gasteiger partial charge in [-0.25, -0.2) is 0 Å². The largest absolute Gasteiger partial charge is 0.393 e. The van der Waals surface area contributed by atoms with E-state index >= 15 is 0 Å². The minimum atomic E-state index is -0.422. The van der Waals surface area contributed by atoms with Crippen LogP contribution in [0.4, 0.5) is 0 Å². The zero-order chi connectivity index (χ0) is 21.4. The predicted octanol–water partition coefficient (Wildman–Crippen LogP) is 3.41. The number of aliphatic hydroxyl groups is 2. The van der Waals surface area contributed by atoms with Crippen LogP contribution in [0, 0.1) is 41.4 Å². The Kier molecular flexibility index (Phi) is 7.46. The molecule has 1 aliphatic heterocycles. The van der Waals surface area contributed by atoms with Crippen molar-refractivity contribution in [1.29, 1.82) is 0 Å². The zero-order valence-electron chi connectivity index (χ0n) is 19.7. The average molecular weight is 422 g/mol. The summed E-state index contributed by atoms with van der Waals surface area (Å²) in [6.45, 7) is 9.65. The van der Waals surface area contributed by atoms with Crippen LogP contribution in [0.5, 0.6) is 0 Å². The van der Waals surface area contributed by atoms with Gasteiger partial charge in [-0.15, -0.1) is 0 Å². The highest BCUT2D eigenvalue weighted by molar-refractivity contribution is 4.97. The Hall–Kier alpha value is -0.200. The first-order valence-electron chi connectivity index (χ1n) is 13.0. The Labute approximate surface area is 184 Å². The van der Waals surface area contributed by atoms with Gasteiger partial charge in [-0.3, -0.25) is 16.0 Å². The highest BCUT2D eigenvalue weighted by Gasteiger charge is 2.43. The molecule has 0 aromatic carbocycles. The Balaban J connectivity index is 1.49. The third kappa shape index (κ3) is 5.06. The second-order valence-electron chi connectivity index (χ2n) is 11.7. The van der Waals surface area contributed by atoms with Crippen molar-refractivity contribution in [2.24, 2.45) is 41.4 Å². The molecule has 0 bridgehead atoms. The molecule has 5 heteroatoms. The summed E-state index contributed by atoms with van der Waals surface area (Å²) in [5.41, 5.74) is 0. The Bertz CT molecular complexity index is 527. The molecule has 5 nitrogen and oxygen atoms in total. The normalized spacial score (nSPS) is 53.4. The lowest BCUT2D eigenvalue weighted by molar-refractivity contribution is -0.0395. The summed E-state index contributed by atoms with van der Waals surface area (Å²) >= 11 is 0. The van der Waals surface area contributed by atoms with Crippen LogP contribution in [0.1, 0.15) is 85.5 Å². The summed E-state index contributed by atoms with van der Waals surface area (Å²) in [7, 11) is 0. The van der Waals surface area contributed by atoms with E-state index in [1.807, 2.05) is 0 Å². The van der Waals surface area contributed by atoms with Crippen molar-refractivity contribution in [2.45, 2.75) is 116 Å². The van der Waals surface area contributed by atoms with E-state index in [1.165, 1.54) is 38.5 Å². The fourth-order valence-electron chi connectivity index (χ4n) is 6.84. The number of aliphatic hydroxyl groups excluding tert-OH is 2. The molecule has 3 aliphatic carbocycles.